The first-order chi connectivity index (χ1) is 7.63. The summed E-state index contributed by atoms with van der Waals surface area (Å²) >= 11 is 6.15. The number of likely N-dealkylation sites (tertiary alicyclic amines) is 1. The molecule has 0 aromatic rings. The molecule has 0 spiro atoms. The van der Waals surface area contributed by atoms with Crippen molar-refractivity contribution in [2.24, 2.45) is 5.92 Å². The molecule has 102 valence electrons. The Morgan fingerprint density at radius 3 is 2.41 bits per heavy atom. The zero-order valence-electron chi connectivity index (χ0n) is 11.2. The second-order valence-electron chi connectivity index (χ2n) is 6.01. The molecule has 17 heavy (non-hydrogen) atoms. The van der Waals surface area contributed by atoms with Crippen molar-refractivity contribution in [3.63, 3.8) is 0 Å². The van der Waals surface area contributed by atoms with E-state index in [1.807, 2.05) is 0 Å². The summed E-state index contributed by atoms with van der Waals surface area (Å²) in [5, 5.41) is 0.241. The first-order valence-corrected chi connectivity index (χ1v) is 8.31. The van der Waals surface area contributed by atoms with Crippen LogP contribution in [-0.4, -0.2) is 48.8 Å². The zero-order chi connectivity index (χ0) is 13.3. The number of alkyl halides is 1. The Kier molecular flexibility index (Phi) is 4.89. The van der Waals surface area contributed by atoms with Crippen LogP contribution in [0.2, 0.25) is 0 Å². The maximum Gasteiger partial charge on any atom is 0.156 e. The maximum absolute atomic E-state index is 12.0. The molecule has 0 radical (unpaired) electrons. The van der Waals surface area contributed by atoms with Gasteiger partial charge < -0.3 is 4.90 Å². The number of rotatable bonds is 3. The minimum absolute atomic E-state index is 0.241. The molecule has 1 fully saturated rings. The number of halogens is 1. The molecule has 0 amide bonds. The molecule has 0 aliphatic carbocycles. The van der Waals surface area contributed by atoms with Crippen molar-refractivity contribution in [1.82, 2.24) is 4.90 Å². The topological polar surface area (TPSA) is 37.4 Å². The Hall–Kier alpha value is 0.200. The average Bonchev–Trinajstić information content (AvgIpc) is 2.18. The summed E-state index contributed by atoms with van der Waals surface area (Å²) in [5.41, 5.74) is 0. The summed E-state index contributed by atoms with van der Waals surface area (Å²) in [5.74, 6) is 0.693. The van der Waals surface area contributed by atoms with E-state index in [0.717, 1.165) is 19.5 Å². The zero-order valence-corrected chi connectivity index (χ0v) is 12.8. The van der Waals surface area contributed by atoms with Crippen molar-refractivity contribution in [3.8, 4) is 0 Å². The van der Waals surface area contributed by atoms with E-state index in [9.17, 15) is 8.42 Å². The minimum atomic E-state index is -3.00. The largest absolute Gasteiger partial charge is 0.302 e. The monoisotopic (exact) mass is 281 g/mol. The Morgan fingerprint density at radius 2 is 1.94 bits per heavy atom. The van der Waals surface area contributed by atoms with Crippen LogP contribution >= 0.6 is 11.6 Å². The highest BCUT2D eigenvalue weighted by Crippen LogP contribution is 2.22. The van der Waals surface area contributed by atoms with Crippen LogP contribution in [0.25, 0.3) is 0 Å². The fraction of sp³-hybridized carbons (Fsp3) is 1.00. The third-order valence-electron chi connectivity index (χ3n) is 3.49. The number of sulfone groups is 1. The lowest BCUT2D eigenvalue weighted by molar-refractivity contribution is 0.196. The Balaban J connectivity index is 2.47. The van der Waals surface area contributed by atoms with E-state index in [-0.39, 0.29) is 11.1 Å². The van der Waals surface area contributed by atoms with Gasteiger partial charge >= 0.3 is 0 Å². The first kappa shape index (κ1) is 15.3. The van der Waals surface area contributed by atoms with E-state index in [0.29, 0.717) is 12.5 Å². The van der Waals surface area contributed by atoms with Crippen molar-refractivity contribution < 1.29 is 8.42 Å². The number of hydrogen-bond acceptors (Lipinski definition) is 3. The van der Waals surface area contributed by atoms with Gasteiger partial charge in [0, 0.05) is 18.5 Å². The van der Waals surface area contributed by atoms with Gasteiger partial charge in [0.15, 0.2) is 9.84 Å². The van der Waals surface area contributed by atoms with Crippen LogP contribution in [-0.2, 0) is 9.84 Å². The lowest BCUT2D eigenvalue weighted by Crippen LogP contribution is -2.43. The van der Waals surface area contributed by atoms with Crippen molar-refractivity contribution in [3.05, 3.63) is 0 Å². The van der Waals surface area contributed by atoms with Gasteiger partial charge in [0.05, 0.1) is 10.5 Å². The van der Waals surface area contributed by atoms with Crippen LogP contribution < -0.4 is 0 Å². The van der Waals surface area contributed by atoms with Gasteiger partial charge in [-0.25, -0.2) is 8.42 Å². The van der Waals surface area contributed by atoms with Gasteiger partial charge in [-0.2, -0.15) is 0 Å². The van der Waals surface area contributed by atoms with Gasteiger partial charge in [0.25, 0.3) is 0 Å². The number of piperidine rings is 1. The van der Waals surface area contributed by atoms with Crippen LogP contribution in [0.5, 0.6) is 0 Å². The van der Waals surface area contributed by atoms with Crippen LogP contribution in [0.3, 0.4) is 0 Å². The van der Waals surface area contributed by atoms with E-state index < -0.39 is 14.6 Å². The van der Waals surface area contributed by atoms with Crippen molar-refractivity contribution in [2.75, 3.05) is 25.4 Å². The molecular formula is C12H24ClNO2S. The van der Waals surface area contributed by atoms with Crippen LogP contribution in [0.4, 0.5) is 0 Å². The molecule has 0 aromatic carbocycles. The number of hydrogen-bond donors (Lipinski definition) is 0. The molecule has 5 heteroatoms. The van der Waals surface area contributed by atoms with Crippen molar-refractivity contribution in [2.45, 2.75) is 44.2 Å². The van der Waals surface area contributed by atoms with E-state index in [1.165, 1.54) is 0 Å². The van der Waals surface area contributed by atoms with Crippen molar-refractivity contribution >= 4 is 21.4 Å². The van der Waals surface area contributed by atoms with Crippen LogP contribution in [0, 0.1) is 5.92 Å². The fourth-order valence-electron chi connectivity index (χ4n) is 1.96. The number of nitrogens with zero attached hydrogens (tertiary/aromatic N) is 1. The van der Waals surface area contributed by atoms with Gasteiger partial charge in [-0.1, -0.05) is 6.92 Å². The lowest BCUT2D eigenvalue weighted by atomic mass is 10.00. The smallest absolute Gasteiger partial charge is 0.156 e. The standard InChI is InChI=1S/C12H24ClNO2S/c1-10-9-14(6-5-11(10)13)7-8-17(15,16)12(2,3)4/h10-11H,5-9H2,1-4H3. The molecule has 0 aromatic heterocycles. The maximum atomic E-state index is 12.0. The highest BCUT2D eigenvalue weighted by molar-refractivity contribution is 7.92. The highest BCUT2D eigenvalue weighted by Gasteiger charge is 2.30. The summed E-state index contributed by atoms with van der Waals surface area (Å²) < 4.78 is 23.3. The van der Waals surface area contributed by atoms with E-state index in [2.05, 4.69) is 11.8 Å². The SMILES string of the molecule is CC1CN(CCS(=O)(=O)C(C)(C)C)CCC1Cl. The normalized spacial score (nSPS) is 28.3. The van der Waals surface area contributed by atoms with Crippen molar-refractivity contribution in [1.29, 1.82) is 0 Å². The van der Waals surface area contributed by atoms with Crippen LogP contribution in [0.1, 0.15) is 34.1 Å². The second-order valence-corrected chi connectivity index (χ2v) is 9.44. The minimum Gasteiger partial charge on any atom is -0.302 e. The molecule has 3 nitrogen and oxygen atoms in total. The Morgan fingerprint density at radius 1 is 1.35 bits per heavy atom. The van der Waals surface area contributed by atoms with Gasteiger partial charge in [-0.3, -0.25) is 0 Å². The molecule has 1 aliphatic rings. The Labute approximate surface area is 110 Å². The predicted molar refractivity (Wildman–Crippen MR) is 73.4 cm³/mol. The summed E-state index contributed by atoms with van der Waals surface area (Å²) in [6.45, 7) is 9.86. The quantitative estimate of drug-likeness (QED) is 0.744. The predicted octanol–water partition coefficient (Wildman–Crippen LogP) is 2.15. The fourth-order valence-corrected chi connectivity index (χ4v) is 3.25. The molecule has 1 saturated heterocycles. The molecule has 1 heterocycles. The summed E-state index contributed by atoms with van der Waals surface area (Å²) in [6, 6.07) is 0. The van der Waals surface area contributed by atoms with Gasteiger partial charge in [0.1, 0.15) is 0 Å². The van der Waals surface area contributed by atoms with Crippen LogP contribution in [0.15, 0.2) is 0 Å². The lowest BCUT2D eigenvalue weighted by Gasteiger charge is -2.34. The van der Waals surface area contributed by atoms with Gasteiger partial charge in [-0.15, -0.1) is 11.6 Å². The summed E-state index contributed by atoms with van der Waals surface area (Å²) in [4.78, 5) is 2.22. The van der Waals surface area contributed by atoms with E-state index in [4.69, 9.17) is 11.6 Å². The molecule has 0 N–H and O–H groups in total. The molecule has 1 aliphatic heterocycles. The Bertz CT molecular complexity index is 348. The molecule has 0 bridgehead atoms. The van der Waals surface area contributed by atoms with E-state index in [1.54, 1.807) is 20.8 Å². The van der Waals surface area contributed by atoms with E-state index >= 15 is 0 Å². The third kappa shape index (κ3) is 4.11. The summed E-state index contributed by atoms with van der Waals surface area (Å²) in [7, 11) is -3.00. The average molecular weight is 282 g/mol. The molecular weight excluding hydrogens is 258 g/mol. The second kappa shape index (κ2) is 5.45. The highest BCUT2D eigenvalue weighted by atomic mass is 35.5. The van der Waals surface area contributed by atoms with Gasteiger partial charge in [-0.05, 0) is 39.7 Å². The molecule has 0 saturated carbocycles. The molecule has 2 unspecified atom stereocenters. The van der Waals surface area contributed by atoms with Gasteiger partial charge in [0.2, 0.25) is 0 Å². The molecule has 2 atom stereocenters. The summed E-state index contributed by atoms with van der Waals surface area (Å²) in [6.07, 6.45) is 0.957. The molecule has 1 rings (SSSR count). The third-order valence-corrected chi connectivity index (χ3v) is 6.73. The first-order valence-electron chi connectivity index (χ1n) is 6.22.